The van der Waals surface area contributed by atoms with Gasteiger partial charge in [-0.05, 0) is 42.3 Å². The smallest absolute Gasteiger partial charge is 0.280 e. The van der Waals surface area contributed by atoms with Crippen molar-refractivity contribution >= 4 is 16.6 Å². The van der Waals surface area contributed by atoms with Gasteiger partial charge < -0.3 is 4.74 Å². The van der Waals surface area contributed by atoms with Crippen molar-refractivity contribution in [3.8, 4) is 5.75 Å². The normalized spacial score (nSPS) is 13.0. The molecule has 0 spiro atoms. The highest BCUT2D eigenvalue weighted by Gasteiger charge is 2.17. The Labute approximate surface area is 127 Å². The predicted molar refractivity (Wildman–Crippen MR) is 85.4 cm³/mol. The minimum absolute atomic E-state index is 0.0655. The van der Waals surface area contributed by atoms with Crippen molar-refractivity contribution in [2.45, 2.75) is 12.8 Å². The summed E-state index contributed by atoms with van der Waals surface area (Å²) in [5.41, 5.74) is 5.91. The van der Waals surface area contributed by atoms with E-state index >= 15 is 0 Å². The molecule has 0 radical (unpaired) electrons. The molecule has 0 aliphatic carbocycles. The van der Waals surface area contributed by atoms with Gasteiger partial charge in [0.25, 0.3) is 5.56 Å². The van der Waals surface area contributed by atoms with Gasteiger partial charge in [0, 0.05) is 6.42 Å². The number of aromatic nitrogens is 2. The summed E-state index contributed by atoms with van der Waals surface area (Å²) in [6.07, 6.45) is 1.51. The molecule has 1 aliphatic rings. The van der Waals surface area contributed by atoms with Crippen molar-refractivity contribution in [2.24, 2.45) is 0 Å². The first-order valence-corrected chi connectivity index (χ1v) is 7.21. The Balaban J connectivity index is 1.90. The average molecular weight is 293 g/mol. The SMILES string of the molecule is COc1ccc2c(c1)CCc1nc3ccccc3c(=O)n1N2. The van der Waals surface area contributed by atoms with E-state index in [4.69, 9.17) is 4.74 Å². The highest BCUT2D eigenvalue weighted by molar-refractivity contribution is 5.77. The van der Waals surface area contributed by atoms with E-state index in [2.05, 4.69) is 10.4 Å². The molecule has 5 heteroatoms. The van der Waals surface area contributed by atoms with Gasteiger partial charge in [0.15, 0.2) is 0 Å². The summed E-state index contributed by atoms with van der Waals surface area (Å²) in [7, 11) is 1.65. The van der Waals surface area contributed by atoms with Crippen molar-refractivity contribution in [1.29, 1.82) is 0 Å². The molecule has 2 aromatic carbocycles. The monoisotopic (exact) mass is 293 g/mol. The van der Waals surface area contributed by atoms with Gasteiger partial charge in [-0.15, -0.1) is 0 Å². The van der Waals surface area contributed by atoms with Gasteiger partial charge in [-0.3, -0.25) is 10.2 Å². The number of hydrogen-bond acceptors (Lipinski definition) is 4. The number of hydrogen-bond donors (Lipinski definition) is 1. The molecule has 0 bridgehead atoms. The van der Waals surface area contributed by atoms with Gasteiger partial charge in [-0.2, -0.15) is 0 Å². The fraction of sp³-hybridized carbons (Fsp3) is 0.176. The van der Waals surface area contributed by atoms with E-state index < -0.39 is 0 Å². The van der Waals surface area contributed by atoms with E-state index in [1.54, 1.807) is 17.9 Å². The lowest BCUT2D eigenvalue weighted by molar-refractivity contribution is 0.414. The Morgan fingerprint density at radius 2 is 2.05 bits per heavy atom. The van der Waals surface area contributed by atoms with Crippen LogP contribution in [0.25, 0.3) is 10.9 Å². The van der Waals surface area contributed by atoms with Gasteiger partial charge in [0.1, 0.15) is 11.6 Å². The molecule has 1 aliphatic heterocycles. The van der Waals surface area contributed by atoms with Crippen LogP contribution in [0.15, 0.2) is 47.3 Å². The summed E-state index contributed by atoms with van der Waals surface area (Å²) in [6, 6.07) is 13.3. The summed E-state index contributed by atoms with van der Waals surface area (Å²) >= 11 is 0. The molecule has 5 nitrogen and oxygen atoms in total. The van der Waals surface area contributed by atoms with Crippen LogP contribution in [0.3, 0.4) is 0 Å². The Bertz CT molecular complexity index is 931. The maximum absolute atomic E-state index is 12.7. The van der Waals surface area contributed by atoms with Crippen LogP contribution >= 0.6 is 0 Å². The Morgan fingerprint density at radius 3 is 2.91 bits per heavy atom. The van der Waals surface area contributed by atoms with Gasteiger partial charge >= 0.3 is 0 Å². The van der Waals surface area contributed by atoms with E-state index in [1.165, 1.54) is 0 Å². The highest BCUT2D eigenvalue weighted by Crippen LogP contribution is 2.26. The number of methoxy groups -OCH3 is 1. The quantitative estimate of drug-likeness (QED) is 0.748. The van der Waals surface area contributed by atoms with Gasteiger partial charge in [0.2, 0.25) is 0 Å². The molecule has 4 rings (SSSR count). The maximum atomic E-state index is 12.7. The van der Waals surface area contributed by atoms with Crippen LogP contribution in [0.5, 0.6) is 5.75 Å². The number of rotatable bonds is 1. The number of ether oxygens (including phenoxy) is 1. The molecular weight excluding hydrogens is 278 g/mol. The topological polar surface area (TPSA) is 56.1 Å². The average Bonchev–Trinajstić information content (AvgIpc) is 2.74. The second-order valence-electron chi connectivity index (χ2n) is 5.32. The van der Waals surface area contributed by atoms with E-state index in [9.17, 15) is 4.79 Å². The van der Waals surface area contributed by atoms with Crippen molar-refractivity contribution in [2.75, 3.05) is 12.5 Å². The maximum Gasteiger partial charge on any atom is 0.280 e. The first kappa shape index (κ1) is 12.9. The van der Waals surface area contributed by atoms with Crippen LogP contribution < -0.4 is 15.7 Å². The summed E-state index contributed by atoms with van der Waals surface area (Å²) in [5, 5.41) is 0.621. The molecular formula is C17H15N3O2. The fourth-order valence-electron chi connectivity index (χ4n) is 2.84. The second-order valence-corrected chi connectivity index (χ2v) is 5.32. The zero-order chi connectivity index (χ0) is 15.1. The number of anilines is 1. The van der Waals surface area contributed by atoms with E-state index in [1.807, 2.05) is 36.4 Å². The van der Waals surface area contributed by atoms with Gasteiger partial charge in [-0.25, -0.2) is 9.66 Å². The number of para-hydroxylation sites is 1. The van der Waals surface area contributed by atoms with Crippen LogP contribution in [-0.4, -0.2) is 16.8 Å². The van der Waals surface area contributed by atoms with E-state index in [-0.39, 0.29) is 5.56 Å². The van der Waals surface area contributed by atoms with Crippen LogP contribution in [0.1, 0.15) is 11.4 Å². The zero-order valence-corrected chi connectivity index (χ0v) is 12.2. The van der Waals surface area contributed by atoms with Crippen LogP contribution in [0.2, 0.25) is 0 Å². The molecule has 1 aromatic heterocycles. The molecule has 0 saturated heterocycles. The number of aryl methyl sites for hydroxylation is 2. The molecule has 0 unspecified atom stereocenters. The molecule has 3 aromatic rings. The Kier molecular flexibility index (Phi) is 2.85. The Hall–Kier alpha value is -2.82. The molecule has 0 fully saturated rings. The lowest BCUT2D eigenvalue weighted by Crippen LogP contribution is -2.30. The number of nitrogens with zero attached hydrogens (tertiary/aromatic N) is 2. The molecule has 2 heterocycles. The summed E-state index contributed by atoms with van der Waals surface area (Å²) < 4.78 is 6.83. The second kappa shape index (κ2) is 4.87. The molecule has 0 amide bonds. The third-order valence-corrected chi connectivity index (χ3v) is 4.01. The molecule has 1 N–H and O–H groups in total. The van der Waals surface area contributed by atoms with Gasteiger partial charge in [-0.1, -0.05) is 12.1 Å². The number of nitrogens with one attached hydrogen (secondary N) is 1. The van der Waals surface area contributed by atoms with Gasteiger partial charge in [0.05, 0.1) is 23.7 Å². The standard InChI is InChI=1S/C17H15N3O2/c1-22-12-7-8-14-11(10-12)6-9-16-18-15-5-3-2-4-13(15)17(21)20(16)19-14/h2-5,7-8,10,19H,6,9H2,1H3. The molecule has 110 valence electrons. The third kappa shape index (κ3) is 1.94. The largest absolute Gasteiger partial charge is 0.497 e. The first-order valence-electron chi connectivity index (χ1n) is 7.21. The van der Waals surface area contributed by atoms with Crippen molar-refractivity contribution in [3.05, 3.63) is 64.2 Å². The molecule has 0 saturated carbocycles. The Morgan fingerprint density at radius 1 is 1.18 bits per heavy atom. The first-order chi connectivity index (χ1) is 10.8. The van der Waals surface area contributed by atoms with Crippen LogP contribution in [-0.2, 0) is 12.8 Å². The van der Waals surface area contributed by atoms with E-state index in [0.717, 1.165) is 34.8 Å². The number of fused-ring (bicyclic) bond motifs is 3. The van der Waals surface area contributed by atoms with Crippen molar-refractivity contribution in [3.63, 3.8) is 0 Å². The summed E-state index contributed by atoms with van der Waals surface area (Å²) in [5.74, 6) is 1.57. The molecule has 22 heavy (non-hydrogen) atoms. The zero-order valence-electron chi connectivity index (χ0n) is 12.2. The predicted octanol–water partition coefficient (Wildman–Crippen LogP) is 2.38. The third-order valence-electron chi connectivity index (χ3n) is 4.01. The fourth-order valence-corrected chi connectivity index (χ4v) is 2.84. The summed E-state index contributed by atoms with van der Waals surface area (Å²) in [6.45, 7) is 0. The minimum Gasteiger partial charge on any atom is -0.497 e. The number of benzene rings is 2. The molecule has 0 atom stereocenters. The highest BCUT2D eigenvalue weighted by atomic mass is 16.5. The minimum atomic E-state index is -0.0655. The van der Waals surface area contributed by atoms with Crippen LogP contribution in [0, 0.1) is 0 Å². The lowest BCUT2D eigenvalue weighted by atomic mass is 10.1. The van der Waals surface area contributed by atoms with E-state index in [0.29, 0.717) is 11.8 Å². The van der Waals surface area contributed by atoms with Crippen molar-refractivity contribution < 1.29 is 4.74 Å². The van der Waals surface area contributed by atoms with Crippen molar-refractivity contribution in [1.82, 2.24) is 9.66 Å². The van der Waals surface area contributed by atoms with Crippen LogP contribution in [0.4, 0.5) is 5.69 Å². The lowest BCUT2D eigenvalue weighted by Gasteiger charge is -2.13. The summed E-state index contributed by atoms with van der Waals surface area (Å²) in [4.78, 5) is 17.3.